The number of amides is 1. The van der Waals surface area contributed by atoms with Crippen LogP contribution in [0.2, 0.25) is 0 Å². The number of oxazole rings is 1. The molecule has 3 rings (SSSR count). The number of carbonyl (C=O) groups is 1. The number of nitrogens with zero attached hydrogens (tertiary/aromatic N) is 3. The monoisotopic (exact) mass is 318 g/mol. The number of ether oxygens (including phenoxy) is 1. The van der Waals surface area contributed by atoms with E-state index in [1.165, 1.54) is 0 Å². The minimum absolute atomic E-state index is 0.0697. The molecule has 2 N–H and O–H groups in total. The van der Waals surface area contributed by atoms with Crippen molar-refractivity contribution in [1.29, 1.82) is 0 Å². The summed E-state index contributed by atoms with van der Waals surface area (Å²) >= 11 is 0. The first-order valence-corrected chi connectivity index (χ1v) is 7.74. The molecule has 0 bridgehead atoms. The maximum atomic E-state index is 12.2. The van der Waals surface area contributed by atoms with Gasteiger partial charge in [-0.15, -0.1) is 0 Å². The minimum atomic E-state index is -0.598. The van der Waals surface area contributed by atoms with Crippen LogP contribution in [0, 0.1) is 6.92 Å². The minimum Gasteiger partial charge on any atom is -0.423 e. The Labute approximate surface area is 135 Å². The van der Waals surface area contributed by atoms with Crippen molar-refractivity contribution in [3.63, 3.8) is 0 Å². The Morgan fingerprint density at radius 3 is 2.83 bits per heavy atom. The number of nitrogens with two attached hydrogens (primary N) is 1. The molecular weight excluding hydrogens is 296 g/mol. The highest BCUT2D eigenvalue weighted by atomic mass is 16.5. The molecule has 1 aromatic carbocycles. The molecule has 23 heavy (non-hydrogen) atoms. The Hall–Kier alpha value is -2.12. The summed E-state index contributed by atoms with van der Waals surface area (Å²) in [4.78, 5) is 20.5. The molecule has 1 aromatic heterocycles. The Bertz CT molecular complexity index is 692. The summed E-state index contributed by atoms with van der Waals surface area (Å²) in [5, 5.41) is 0. The number of aryl methyl sites for hydroxylation is 1. The zero-order valence-corrected chi connectivity index (χ0v) is 13.5. The fourth-order valence-corrected chi connectivity index (χ4v) is 2.76. The highest BCUT2D eigenvalue weighted by molar-refractivity contribution is 5.82. The largest absolute Gasteiger partial charge is 0.423 e. The van der Waals surface area contributed by atoms with Gasteiger partial charge < -0.3 is 24.7 Å². The molecule has 0 saturated carbocycles. The summed E-state index contributed by atoms with van der Waals surface area (Å²) in [7, 11) is 1.54. The zero-order chi connectivity index (χ0) is 16.4. The molecule has 7 nitrogen and oxygen atoms in total. The average molecular weight is 318 g/mol. The third-order valence-corrected chi connectivity index (χ3v) is 4.06. The summed E-state index contributed by atoms with van der Waals surface area (Å²) in [5.74, 6) is -0.0697. The summed E-state index contributed by atoms with van der Waals surface area (Å²) in [6.07, 6.45) is 0. The van der Waals surface area contributed by atoms with E-state index < -0.39 is 6.04 Å². The molecule has 2 heterocycles. The van der Waals surface area contributed by atoms with Crippen molar-refractivity contribution in [3.8, 4) is 0 Å². The van der Waals surface area contributed by atoms with E-state index in [-0.39, 0.29) is 12.5 Å². The van der Waals surface area contributed by atoms with Crippen LogP contribution >= 0.6 is 0 Å². The van der Waals surface area contributed by atoms with Crippen molar-refractivity contribution in [1.82, 2.24) is 9.88 Å². The quantitative estimate of drug-likeness (QED) is 0.896. The molecule has 1 amide bonds. The topological polar surface area (TPSA) is 84.8 Å². The fourth-order valence-electron chi connectivity index (χ4n) is 2.76. The zero-order valence-electron chi connectivity index (χ0n) is 13.5. The van der Waals surface area contributed by atoms with Gasteiger partial charge in [0.2, 0.25) is 5.91 Å². The second-order valence-corrected chi connectivity index (χ2v) is 5.84. The van der Waals surface area contributed by atoms with Crippen LogP contribution < -0.4 is 10.6 Å². The van der Waals surface area contributed by atoms with Crippen LogP contribution in [0.3, 0.4) is 0 Å². The van der Waals surface area contributed by atoms with Crippen molar-refractivity contribution in [2.75, 3.05) is 44.8 Å². The molecule has 0 aliphatic carbocycles. The molecule has 0 spiro atoms. The van der Waals surface area contributed by atoms with Crippen LogP contribution in [0.4, 0.5) is 6.01 Å². The van der Waals surface area contributed by atoms with Crippen molar-refractivity contribution < 1.29 is 13.9 Å². The number of piperazine rings is 1. The number of carbonyl (C=O) groups excluding carboxylic acids is 1. The molecule has 1 fully saturated rings. The third-order valence-electron chi connectivity index (χ3n) is 4.06. The number of aromatic nitrogens is 1. The van der Waals surface area contributed by atoms with Crippen LogP contribution in [0.25, 0.3) is 11.1 Å². The maximum absolute atomic E-state index is 12.2. The van der Waals surface area contributed by atoms with Crippen LogP contribution in [0.15, 0.2) is 22.6 Å². The lowest BCUT2D eigenvalue weighted by Crippen LogP contribution is -2.54. The molecule has 1 unspecified atom stereocenters. The summed E-state index contributed by atoms with van der Waals surface area (Å²) < 4.78 is 10.8. The lowest BCUT2D eigenvalue weighted by Gasteiger charge is -2.34. The van der Waals surface area contributed by atoms with E-state index in [4.69, 9.17) is 14.9 Å². The molecule has 124 valence electrons. The van der Waals surface area contributed by atoms with Gasteiger partial charge in [-0.1, -0.05) is 6.07 Å². The number of methoxy groups -OCH3 is 1. The van der Waals surface area contributed by atoms with Crippen molar-refractivity contribution in [3.05, 3.63) is 23.8 Å². The molecule has 1 aliphatic heterocycles. The fraction of sp³-hybridized carbons (Fsp3) is 0.500. The van der Waals surface area contributed by atoms with E-state index in [0.29, 0.717) is 32.2 Å². The maximum Gasteiger partial charge on any atom is 0.298 e. The van der Waals surface area contributed by atoms with Gasteiger partial charge in [0.25, 0.3) is 6.01 Å². The summed E-state index contributed by atoms with van der Waals surface area (Å²) in [6.45, 7) is 4.83. The SMILES string of the molecule is COCC(N)C(=O)N1CCN(c2nc3cc(C)ccc3o2)CC1. The van der Waals surface area contributed by atoms with Gasteiger partial charge in [-0.2, -0.15) is 4.98 Å². The highest BCUT2D eigenvalue weighted by Gasteiger charge is 2.27. The second kappa shape index (κ2) is 6.55. The Morgan fingerprint density at radius 2 is 2.13 bits per heavy atom. The lowest BCUT2D eigenvalue weighted by molar-refractivity contribution is -0.134. The van der Waals surface area contributed by atoms with Crippen LogP contribution in [-0.4, -0.2) is 61.7 Å². The number of hydrogen-bond donors (Lipinski definition) is 1. The van der Waals surface area contributed by atoms with E-state index in [0.717, 1.165) is 16.7 Å². The Morgan fingerprint density at radius 1 is 1.39 bits per heavy atom. The van der Waals surface area contributed by atoms with Gasteiger partial charge in [-0.3, -0.25) is 4.79 Å². The van der Waals surface area contributed by atoms with E-state index >= 15 is 0 Å². The molecule has 7 heteroatoms. The normalized spacial score (nSPS) is 16.8. The van der Waals surface area contributed by atoms with Crippen molar-refractivity contribution in [2.45, 2.75) is 13.0 Å². The number of anilines is 1. The smallest absolute Gasteiger partial charge is 0.298 e. The predicted molar refractivity (Wildman–Crippen MR) is 87.4 cm³/mol. The lowest BCUT2D eigenvalue weighted by atomic mass is 10.2. The molecule has 0 radical (unpaired) electrons. The first kappa shape index (κ1) is 15.8. The first-order chi connectivity index (χ1) is 11.1. The second-order valence-electron chi connectivity index (χ2n) is 5.84. The highest BCUT2D eigenvalue weighted by Crippen LogP contribution is 2.23. The van der Waals surface area contributed by atoms with Gasteiger partial charge in [0.1, 0.15) is 11.6 Å². The van der Waals surface area contributed by atoms with E-state index in [9.17, 15) is 4.79 Å². The predicted octanol–water partition coefficient (Wildman–Crippen LogP) is 0.759. The Balaban J connectivity index is 1.65. The van der Waals surface area contributed by atoms with Gasteiger partial charge >= 0.3 is 0 Å². The van der Waals surface area contributed by atoms with Crippen molar-refractivity contribution in [2.24, 2.45) is 5.73 Å². The number of benzene rings is 1. The number of fused-ring (bicyclic) bond motifs is 1. The number of hydrogen-bond acceptors (Lipinski definition) is 6. The summed E-state index contributed by atoms with van der Waals surface area (Å²) in [6, 6.07) is 5.96. The molecular formula is C16H22N4O3. The van der Waals surface area contributed by atoms with E-state index in [1.807, 2.05) is 25.1 Å². The first-order valence-electron chi connectivity index (χ1n) is 7.74. The van der Waals surface area contributed by atoms with Gasteiger partial charge in [0.05, 0.1) is 6.61 Å². The van der Waals surface area contributed by atoms with Gasteiger partial charge in [0.15, 0.2) is 5.58 Å². The van der Waals surface area contributed by atoms with E-state index in [1.54, 1.807) is 12.0 Å². The third kappa shape index (κ3) is 3.30. The van der Waals surface area contributed by atoms with Crippen LogP contribution in [0.5, 0.6) is 0 Å². The molecule has 1 aliphatic rings. The standard InChI is InChI=1S/C16H22N4O3/c1-11-3-4-14-13(9-11)18-16(23-14)20-7-5-19(6-8-20)15(21)12(17)10-22-2/h3-4,9,12H,5-8,10,17H2,1-2H3. The van der Waals surface area contributed by atoms with Crippen LogP contribution in [-0.2, 0) is 9.53 Å². The average Bonchev–Trinajstić information content (AvgIpc) is 2.97. The van der Waals surface area contributed by atoms with Gasteiger partial charge in [-0.05, 0) is 24.6 Å². The molecule has 2 aromatic rings. The summed E-state index contributed by atoms with van der Waals surface area (Å²) in [5.41, 5.74) is 8.61. The molecule has 1 atom stereocenters. The van der Waals surface area contributed by atoms with Crippen LogP contribution in [0.1, 0.15) is 5.56 Å². The van der Waals surface area contributed by atoms with Gasteiger partial charge in [-0.25, -0.2) is 0 Å². The van der Waals surface area contributed by atoms with Crippen molar-refractivity contribution >= 4 is 23.0 Å². The van der Waals surface area contributed by atoms with Gasteiger partial charge in [0, 0.05) is 33.3 Å². The Kier molecular flexibility index (Phi) is 4.49. The number of rotatable bonds is 4. The molecule has 1 saturated heterocycles. The van der Waals surface area contributed by atoms with E-state index in [2.05, 4.69) is 9.88 Å².